The number of thiophene rings is 1. The standard InChI is InChI=1S/C21H21ClN4OS/c1-12-5-6-14(16(22)7-12)17-8-13(27-26-17)10-23-19-15-9-18(21(2,3)4)28-20(15)25-11-24-19/h5-9,11H,10H2,1-4H3,(H,23,24,25). The Balaban J connectivity index is 1.55. The molecule has 0 spiro atoms. The summed E-state index contributed by atoms with van der Waals surface area (Å²) in [6.45, 7) is 9.08. The number of aryl methyl sites for hydroxylation is 1. The van der Waals surface area contributed by atoms with Crippen molar-refractivity contribution in [2.45, 2.75) is 39.7 Å². The molecule has 5 nitrogen and oxygen atoms in total. The lowest BCUT2D eigenvalue weighted by atomic mass is 9.94. The van der Waals surface area contributed by atoms with Crippen LogP contribution in [0.5, 0.6) is 0 Å². The molecular weight excluding hydrogens is 392 g/mol. The van der Waals surface area contributed by atoms with E-state index < -0.39 is 0 Å². The number of anilines is 1. The van der Waals surface area contributed by atoms with Crippen LogP contribution in [-0.4, -0.2) is 15.1 Å². The second-order valence-corrected chi connectivity index (χ2v) is 9.25. The minimum atomic E-state index is 0.0791. The van der Waals surface area contributed by atoms with Crippen molar-refractivity contribution in [1.29, 1.82) is 0 Å². The first-order chi connectivity index (χ1) is 13.3. The summed E-state index contributed by atoms with van der Waals surface area (Å²) in [4.78, 5) is 11.1. The van der Waals surface area contributed by atoms with E-state index in [1.54, 1.807) is 17.7 Å². The Labute approximate surface area is 172 Å². The molecule has 0 aliphatic carbocycles. The molecule has 3 aromatic heterocycles. The van der Waals surface area contributed by atoms with Gasteiger partial charge in [-0.15, -0.1) is 11.3 Å². The van der Waals surface area contributed by atoms with E-state index in [2.05, 4.69) is 47.3 Å². The van der Waals surface area contributed by atoms with Gasteiger partial charge in [-0.05, 0) is 30.0 Å². The van der Waals surface area contributed by atoms with Gasteiger partial charge in [0, 0.05) is 16.5 Å². The topological polar surface area (TPSA) is 63.8 Å². The largest absolute Gasteiger partial charge is 0.362 e. The number of nitrogens with one attached hydrogen (secondary N) is 1. The first-order valence-electron chi connectivity index (χ1n) is 9.02. The van der Waals surface area contributed by atoms with Gasteiger partial charge in [-0.3, -0.25) is 0 Å². The lowest BCUT2D eigenvalue weighted by molar-refractivity contribution is 0.390. The summed E-state index contributed by atoms with van der Waals surface area (Å²) in [6.07, 6.45) is 1.59. The smallest absolute Gasteiger partial charge is 0.156 e. The van der Waals surface area contributed by atoms with Crippen molar-refractivity contribution in [3.63, 3.8) is 0 Å². The maximum atomic E-state index is 6.34. The van der Waals surface area contributed by atoms with Crippen LogP contribution in [0.4, 0.5) is 5.82 Å². The van der Waals surface area contributed by atoms with E-state index in [0.717, 1.165) is 32.9 Å². The summed E-state index contributed by atoms with van der Waals surface area (Å²) in [7, 11) is 0. The molecule has 0 bridgehead atoms. The summed E-state index contributed by atoms with van der Waals surface area (Å²) in [5.41, 5.74) is 2.77. The summed E-state index contributed by atoms with van der Waals surface area (Å²) in [5.74, 6) is 1.51. The molecule has 4 rings (SSSR count). The van der Waals surface area contributed by atoms with Gasteiger partial charge in [0.1, 0.15) is 22.7 Å². The SMILES string of the molecule is Cc1ccc(-c2cc(CNc3ncnc4sc(C(C)(C)C)cc34)on2)c(Cl)c1. The highest BCUT2D eigenvalue weighted by Gasteiger charge is 2.19. The summed E-state index contributed by atoms with van der Waals surface area (Å²) in [6, 6.07) is 9.95. The van der Waals surface area contributed by atoms with Crippen LogP contribution in [-0.2, 0) is 12.0 Å². The number of hydrogen-bond acceptors (Lipinski definition) is 6. The molecule has 0 fully saturated rings. The average Bonchev–Trinajstić information content (AvgIpc) is 3.26. The molecule has 0 atom stereocenters. The van der Waals surface area contributed by atoms with Gasteiger partial charge in [0.05, 0.1) is 17.0 Å². The molecule has 0 saturated carbocycles. The molecule has 0 unspecified atom stereocenters. The van der Waals surface area contributed by atoms with Crippen molar-refractivity contribution >= 4 is 39.0 Å². The molecule has 0 aliphatic rings. The molecule has 28 heavy (non-hydrogen) atoms. The van der Waals surface area contributed by atoms with E-state index >= 15 is 0 Å². The fourth-order valence-electron chi connectivity index (χ4n) is 2.89. The Bertz CT molecular complexity index is 1140. The van der Waals surface area contributed by atoms with Gasteiger partial charge in [0.25, 0.3) is 0 Å². The van der Waals surface area contributed by atoms with Gasteiger partial charge in [0.15, 0.2) is 5.76 Å². The van der Waals surface area contributed by atoms with E-state index in [0.29, 0.717) is 17.3 Å². The maximum Gasteiger partial charge on any atom is 0.156 e. The molecule has 0 radical (unpaired) electrons. The molecule has 144 valence electrons. The average molecular weight is 413 g/mol. The predicted octanol–water partition coefficient (Wildman–Crippen LogP) is 6.22. The van der Waals surface area contributed by atoms with Gasteiger partial charge < -0.3 is 9.84 Å². The minimum Gasteiger partial charge on any atom is -0.362 e. The zero-order valence-corrected chi connectivity index (χ0v) is 17.8. The highest BCUT2D eigenvalue weighted by molar-refractivity contribution is 7.18. The van der Waals surface area contributed by atoms with Crippen molar-refractivity contribution in [1.82, 2.24) is 15.1 Å². The number of halogens is 1. The minimum absolute atomic E-state index is 0.0791. The number of benzene rings is 1. The summed E-state index contributed by atoms with van der Waals surface area (Å²) < 4.78 is 5.49. The van der Waals surface area contributed by atoms with Crippen LogP contribution in [0, 0.1) is 6.92 Å². The Morgan fingerprint density at radius 3 is 2.71 bits per heavy atom. The highest BCUT2D eigenvalue weighted by Crippen LogP contribution is 2.35. The van der Waals surface area contributed by atoms with Crippen molar-refractivity contribution in [2.75, 3.05) is 5.32 Å². The van der Waals surface area contributed by atoms with E-state index in [9.17, 15) is 0 Å². The van der Waals surface area contributed by atoms with Gasteiger partial charge >= 0.3 is 0 Å². The maximum absolute atomic E-state index is 6.34. The number of hydrogen-bond donors (Lipinski definition) is 1. The molecule has 1 N–H and O–H groups in total. The molecule has 3 heterocycles. The van der Waals surface area contributed by atoms with Gasteiger partial charge in [-0.2, -0.15) is 0 Å². The van der Waals surface area contributed by atoms with Crippen molar-refractivity contribution in [2.24, 2.45) is 0 Å². The monoisotopic (exact) mass is 412 g/mol. The Hall–Kier alpha value is -2.44. The second-order valence-electron chi connectivity index (χ2n) is 7.82. The number of aromatic nitrogens is 3. The Morgan fingerprint density at radius 2 is 1.96 bits per heavy atom. The first kappa shape index (κ1) is 18.9. The van der Waals surface area contributed by atoms with Gasteiger partial charge in [0.2, 0.25) is 0 Å². The normalized spacial score (nSPS) is 11.9. The number of nitrogens with zero attached hydrogens (tertiary/aromatic N) is 3. The van der Waals surface area contributed by atoms with Gasteiger partial charge in [-0.1, -0.05) is 49.7 Å². The number of fused-ring (bicyclic) bond motifs is 1. The van der Waals surface area contributed by atoms with Crippen molar-refractivity contribution in [3.05, 3.63) is 57.9 Å². The fraction of sp³-hybridized carbons (Fsp3) is 0.286. The van der Waals surface area contributed by atoms with Crippen LogP contribution in [0.25, 0.3) is 21.5 Å². The zero-order valence-electron chi connectivity index (χ0n) is 16.2. The lowest BCUT2D eigenvalue weighted by Crippen LogP contribution is -2.07. The lowest BCUT2D eigenvalue weighted by Gasteiger charge is -2.14. The third-order valence-corrected chi connectivity index (χ3v) is 6.24. The first-order valence-corrected chi connectivity index (χ1v) is 10.2. The Kier molecular flexibility index (Phi) is 4.85. The van der Waals surface area contributed by atoms with Crippen molar-refractivity contribution < 1.29 is 4.52 Å². The molecule has 7 heteroatoms. The van der Waals surface area contributed by atoms with Crippen LogP contribution < -0.4 is 5.32 Å². The second kappa shape index (κ2) is 7.18. The molecular formula is C21H21ClN4OS. The van der Waals surface area contributed by atoms with E-state index in [1.165, 1.54) is 4.88 Å². The van der Waals surface area contributed by atoms with Gasteiger partial charge in [-0.25, -0.2) is 9.97 Å². The molecule has 4 aromatic rings. The molecule has 1 aromatic carbocycles. The zero-order chi connectivity index (χ0) is 19.9. The Morgan fingerprint density at radius 1 is 1.14 bits per heavy atom. The van der Waals surface area contributed by atoms with Crippen LogP contribution in [0.2, 0.25) is 5.02 Å². The fourth-order valence-corrected chi connectivity index (χ4v) is 4.28. The third-order valence-electron chi connectivity index (χ3n) is 4.46. The van der Waals surface area contributed by atoms with Crippen molar-refractivity contribution in [3.8, 4) is 11.3 Å². The quantitative estimate of drug-likeness (QED) is 0.431. The molecule has 0 aliphatic heterocycles. The predicted molar refractivity (Wildman–Crippen MR) is 115 cm³/mol. The van der Waals surface area contributed by atoms with Crippen LogP contribution in [0.15, 0.2) is 41.2 Å². The third kappa shape index (κ3) is 3.75. The molecule has 0 saturated heterocycles. The van der Waals surface area contributed by atoms with E-state index in [4.69, 9.17) is 16.1 Å². The van der Waals surface area contributed by atoms with E-state index in [-0.39, 0.29) is 5.41 Å². The van der Waals surface area contributed by atoms with E-state index in [1.807, 2.05) is 31.2 Å². The van der Waals surface area contributed by atoms with Crippen LogP contribution in [0.1, 0.15) is 37.0 Å². The highest BCUT2D eigenvalue weighted by atomic mass is 35.5. The molecule has 0 amide bonds. The summed E-state index contributed by atoms with van der Waals surface area (Å²) in [5, 5.41) is 9.20. The van der Waals surface area contributed by atoms with Crippen LogP contribution in [0.3, 0.4) is 0 Å². The summed E-state index contributed by atoms with van der Waals surface area (Å²) >= 11 is 8.04. The van der Waals surface area contributed by atoms with Crippen LogP contribution >= 0.6 is 22.9 Å². The number of rotatable bonds is 4.